The van der Waals surface area contributed by atoms with Crippen molar-refractivity contribution in [2.75, 3.05) is 0 Å². The van der Waals surface area contributed by atoms with Crippen molar-refractivity contribution in [3.8, 4) is 5.75 Å². The highest BCUT2D eigenvalue weighted by molar-refractivity contribution is 5.85. The summed E-state index contributed by atoms with van der Waals surface area (Å²) in [6.45, 7) is 0. The molecule has 2 heterocycles. The zero-order valence-electron chi connectivity index (χ0n) is 15.7. The van der Waals surface area contributed by atoms with Crippen LogP contribution < -0.4 is 11.1 Å². The number of rotatable bonds is 3. The van der Waals surface area contributed by atoms with Gasteiger partial charge < -0.3 is 13.9 Å². The molecule has 0 aliphatic heterocycles. The summed E-state index contributed by atoms with van der Waals surface area (Å²) in [5.74, 6) is -1.06. The van der Waals surface area contributed by atoms with Crippen molar-refractivity contribution in [1.82, 2.24) is 0 Å². The lowest BCUT2D eigenvalue weighted by Gasteiger charge is -2.18. The van der Waals surface area contributed by atoms with Crippen molar-refractivity contribution in [2.45, 2.75) is 5.92 Å². The van der Waals surface area contributed by atoms with Crippen LogP contribution in [0.3, 0.4) is 0 Å². The summed E-state index contributed by atoms with van der Waals surface area (Å²) in [4.78, 5) is 26.3. The van der Waals surface area contributed by atoms with Crippen molar-refractivity contribution < 1.29 is 13.9 Å². The zero-order chi connectivity index (χ0) is 20.7. The van der Waals surface area contributed by atoms with E-state index in [1.165, 1.54) is 6.26 Å². The molecule has 5 rings (SSSR count). The number of aromatic hydroxyl groups is 1. The van der Waals surface area contributed by atoms with Crippen LogP contribution >= 0.6 is 0 Å². The van der Waals surface area contributed by atoms with Crippen LogP contribution in [0.15, 0.2) is 104 Å². The summed E-state index contributed by atoms with van der Waals surface area (Å²) in [5.41, 5.74) is 0.678. The van der Waals surface area contributed by atoms with Crippen LogP contribution in [0.5, 0.6) is 5.75 Å². The fourth-order valence-corrected chi connectivity index (χ4v) is 3.84. The van der Waals surface area contributed by atoms with Gasteiger partial charge in [0.25, 0.3) is 0 Å². The van der Waals surface area contributed by atoms with Gasteiger partial charge in [0.1, 0.15) is 16.9 Å². The standard InChI is InChI=1S/C25H16O5/c26-23-16-10-4-6-12-19(16)29-14-18(23)21(15-8-2-1-3-9-15)22-24(27)17-11-5-7-13-20(17)30-25(22)28/h1-14,21,27H. The second-order valence-corrected chi connectivity index (χ2v) is 7.01. The maximum absolute atomic E-state index is 13.3. The number of fused-ring (bicyclic) bond motifs is 2. The summed E-state index contributed by atoms with van der Waals surface area (Å²) in [5, 5.41) is 11.8. The summed E-state index contributed by atoms with van der Waals surface area (Å²) >= 11 is 0. The van der Waals surface area contributed by atoms with Gasteiger partial charge >= 0.3 is 5.63 Å². The second kappa shape index (κ2) is 7.04. The van der Waals surface area contributed by atoms with Gasteiger partial charge in [-0.2, -0.15) is 0 Å². The van der Waals surface area contributed by atoms with Crippen molar-refractivity contribution in [2.24, 2.45) is 0 Å². The summed E-state index contributed by atoms with van der Waals surface area (Å²) in [6, 6.07) is 22.7. The van der Waals surface area contributed by atoms with Crippen molar-refractivity contribution in [1.29, 1.82) is 0 Å². The normalized spacial score (nSPS) is 12.3. The predicted molar refractivity (Wildman–Crippen MR) is 114 cm³/mol. The van der Waals surface area contributed by atoms with Gasteiger partial charge in [-0.1, -0.05) is 54.6 Å². The van der Waals surface area contributed by atoms with Crippen LogP contribution in [-0.2, 0) is 0 Å². The summed E-state index contributed by atoms with van der Waals surface area (Å²) in [6.07, 6.45) is 1.36. The lowest BCUT2D eigenvalue weighted by Crippen LogP contribution is -2.21. The van der Waals surface area contributed by atoms with Crippen molar-refractivity contribution in [3.05, 3.63) is 122 Å². The highest BCUT2D eigenvalue weighted by atomic mass is 16.4. The molecule has 0 amide bonds. The molecular formula is C25H16O5. The maximum Gasteiger partial charge on any atom is 0.344 e. The number of hydrogen-bond acceptors (Lipinski definition) is 5. The fourth-order valence-electron chi connectivity index (χ4n) is 3.84. The van der Waals surface area contributed by atoms with Gasteiger partial charge in [-0.25, -0.2) is 4.79 Å². The Labute approximate surface area is 170 Å². The van der Waals surface area contributed by atoms with Gasteiger partial charge in [-0.15, -0.1) is 0 Å². The first kappa shape index (κ1) is 17.9. The molecule has 0 fully saturated rings. The SMILES string of the molecule is O=c1oc2ccccc2c(O)c1C(c1ccccc1)c1coc2ccccc2c1=O. The Morgan fingerprint density at radius 1 is 0.733 bits per heavy atom. The minimum atomic E-state index is -0.854. The first-order valence-electron chi connectivity index (χ1n) is 9.45. The van der Waals surface area contributed by atoms with Crippen molar-refractivity contribution in [3.63, 3.8) is 0 Å². The first-order valence-corrected chi connectivity index (χ1v) is 9.45. The van der Waals surface area contributed by atoms with Crippen LogP contribution in [0, 0.1) is 0 Å². The largest absolute Gasteiger partial charge is 0.507 e. The molecule has 1 atom stereocenters. The molecule has 0 saturated heterocycles. The molecule has 5 heteroatoms. The molecule has 0 radical (unpaired) electrons. The third-order valence-corrected chi connectivity index (χ3v) is 5.26. The third-order valence-electron chi connectivity index (χ3n) is 5.26. The molecule has 0 spiro atoms. The quantitative estimate of drug-likeness (QED) is 0.444. The smallest absolute Gasteiger partial charge is 0.344 e. The Hall–Kier alpha value is -4.12. The molecule has 3 aromatic carbocycles. The number of hydrogen-bond donors (Lipinski definition) is 1. The van der Waals surface area contributed by atoms with E-state index in [0.717, 1.165) is 0 Å². The molecule has 1 N–H and O–H groups in total. The van der Waals surface area contributed by atoms with Gasteiger partial charge in [0.2, 0.25) is 0 Å². The zero-order valence-corrected chi connectivity index (χ0v) is 15.7. The Morgan fingerprint density at radius 2 is 1.37 bits per heavy atom. The minimum Gasteiger partial charge on any atom is -0.507 e. The molecule has 0 bridgehead atoms. The molecule has 30 heavy (non-hydrogen) atoms. The van der Waals surface area contributed by atoms with Crippen molar-refractivity contribution >= 4 is 21.9 Å². The van der Waals surface area contributed by atoms with E-state index >= 15 is 0 Å². The molecule has 1 unspecified atom stereocenters. The highest BCUT2D eigenvalue weighted by Crippen LogP contribution is 2.37. The number of benzene rings is 3. The van der Waals surface area contributed by atoms with E-state index in [0.29, 0.717) is 21.9 Å². The van der Waals surface area contributed by atoms with Gasteiger partial charge in [0.05, 0.1) is 28.5 Å². The Kier molecular flexibility index (Phi) is 4.21. The second-order valence-electron chi connectivity index (χ2n) is 7.01. The molecule has 5 nitrogen and oxygen atoms in total. The van der Waals surface area contributed by atoms with E-state index in [1.807, 2.05) is 18.2 Å². The van der Waals surface area contributed by atoms with Crippen LogP contribution in [0.4, 0.5) is 0 Å². The monoisotopic (exact) mass is 396 g/mol. The summed E-state index contributed by atoms with van der Waals surface area (Å²) < 4.78 is 11.2. The van der Waals surface area contributed by atoms with Crippen LogP contribution in [0.1, 0.15) is 22.6 Å². The topological polar surface area (TPSA) is 80.7 Å². The maximum atomic E-state index is 13.3. The van der Waals surface area contributed by atoms with E-state index < -0.39 is 11.5 Å². The number of para-hydroxylation sites is 2. The van der Waals surface area contributed by atoms with Crippen LogP contribution in [-0.4, -0.2) is 5.11 Å². The van der Waals surface area contributed by atoms with Gasteiger partial charge in [0.15, 0.2) is 5.43 Å². The molecule has 0 aliphatic rings. The van der Waals surface area contributed by atoms with E-state index in [2.05, 4.69) is 0 Å². The molecular weight excluding hydrogens is 380 g/mol. The first-order chi connectivity index (χ1) is 14.6. The summed E-state index contributed by atoms with van der Waals surface area (Å²) in [7, 11) is 0. The molecule has 146 valence electrons. The Bertz CT molecular complexity index is 1500. The highest BCUT2D eigenvalue weighted by Gasteiger charge is 2.29. The molecule has 2 aromatic heterocycles. The Morgan fingerprint density at radius 3 is 2.13 bits per heavy atom. The average molecular weight is 396 g/mol. The van der Waals surface area contributed by atoms with Gasteiger partial charge in [-0.05, 0) is 29.8 Å². The van der Waals surface area contributed by atoms with E-state index in [9.17, 15) is 14.7 Å². The molecule has 5 aromatic rings. The van der Waals surface area contributed by atoms with Crippen LogP contribution in [0.2, 0.25) is 0 Å². The van der Waals surface area contributed by atoms with E-state index in [-0.39, 0.29) is 27.9 Å². The lowest BCUT2D eigenvalue weighted by molar-refractivity contribution is 0.454. The minimum absolute atomic E-state index is 0.00230. The van der Waals surface area contributed by atoms with Crippen LogP contribution in [0.25, 0.3) is 21.9 Å². The predicted octanol–water partition coefficient (Wildman–Crippen LogP) is 4.79. The van der Waals surface area contributed by atoms with E-state index in [4.69, 9.17) is 8.83 Å². The molecule has 0 aliphatic carbocycles. The third kappa shape index (κ3) is 2.79. The average Bonchev–Trinajstić information content (AvgIpc) is 2.78. The van der Waals surface area contributed by atoms with Gasteiger partial charge in [-0.3, -0.25) is 4.79 Å². The van der Waals surface area contributed by atoms with E-state index in [1.54, 1.807) is 60.7 Å². The lowest BCUT2D eigenvalue weighted by atomic mass is 9.85. The van der Waals surface area contributed by atoms with Gasteiger partial charge in [0, 0.05) is 5.56 Å². The Balaban J connectivity index is 1.87. The molecule has 0 saturated carbocycles. The fraction of sp³-hybridized carbons (Fsp3) is 0.0400.